The van der Waals surface area contributed by atoms with Gasteiger partial charge in [0.15, 0.2) is 0 Å². The molecule has 18 heavy (non-hydrogen) atoms. The van der Waals surface area contributed by atoms with E-state index in [1.165, 1.54) is 0 Å². The third kappa shape index (κ3) is 2.63. The standard InChI is InChI=1S/C15H26O3/c1-10-5-6-13-15(4,17)8-7-12(18-13)14(2,3)9-11(10)16/h11-13,16-17H,1,5-9H2,2-4H3. The molecule has 2 rings (SSSR count). The first-order chi connectivity index (χ1) is 8.22. The minimum absolute atomic E-state index is 0.0819. The summed E-state index contributed by atoms with van der Waals surface area (Å²) in [5.74, 6) is 0. The number of ether oxygens (including phenoxy) is 1. The fraction of sp³-hybridized carbons (Fsp3) is 0.867. The van der Waals surface area contributed by atoms with Crippen LogP contribution in [0, 0.1) is 5.41 Å². The van der Waals surface area contributed by atoms with Crippen molar-refractivity contribution in [3.63, 3.8) is 0 Å². The zero-order valence-corrected chi connectivity index (χ0v) is 11.8. The molecule has 2 N–H and O–H groups in total. The predicted octanol–water partition coefficient (Wildman–Crippen LogP) is 2.41. The molecular formula is C15H26O3. The van der Waals surface area contributed by atoms with Crippen LogP contribution in [-0.2, 0) is 4.74 Å². The lowest BCUT2D eigenvalue weighted by molar-refractivity contribution is -0.195. The zero-order chi connectivity index (χ0) is 13.6. The van der Waals surface area contributed by atoms with Crippen molar-refractivity contribution in [3.8, 4) is 0 Å². The maximum atomic E-state index is 10.4. The fourth-order valence-corrected chi connectivity index (χ4v) is 3.21. The van der Waals surface area contributed by atoms with Gasteiger partial charge in [-0.05, 0) is 50.0 Å². The lowest BCUT2D eigenvalue weighted by Gasteiger charge is -2.46. The Bertz CT molecular complexity index is 333. The van der Waals surface area contributed by atoms with Gasteiger partial charge in [-0.2, -0.15) is 0 Å². The summed E-state index contributed by atoms with van der Waals surface area (Å²) in [7, 11) is 0. The Balaban J connectivity index is 2.25. The number of aliphatic hydroxyl groups excluding tert-OH is 1. The first-order valence-corrected chi connectivity index (χ1v) is 6.96. The normalized spacial score (nSPS) is 44.9. The van der Waals surface area contributed by atoms with E-state index in [2.05, 4.69) is 20.4 Å². The molecule has 0 spiro atoms. The summed E-state index contributed by atoms with van der Waals surface area (Å²) in [6, 6.07) is 0. The molecule has 2 heterocycles. The molecule has 2 aliphatic heterocycles. The highest BCUT2D eigenvalue weighted by atomic mass is 16.5. The SMILES string of the molecule is C=C1CCC2OC(CCC2(C)O)C(C)(C)CC1O. The van der Waals surface area contributed by atoms with E-state index in [1.54, 1.807) is 0 Å². The van der Waals surface area contributed by atoms with Crippen molar-refractivity contribution in [1.82, 2.24) is 0 Å². The van der Waals surface area contributed by atoms with E-state index in [4.69, 9.17) is 4.74 Å². The summed E-state index contributed by atoms with van der Waals surface area (Å²) in [5.41, 5.74) is 0.0406. The summed E-state index contributed by atoms with van der Waals surface area (Å²) in [4.78, 5) is 0. The highest BCUT2D eigenvalue weighted by Crippen LogP contribution is 2.43. The second-order valence-electron chi connectivity index (χ2n) is 6.91. The largest absolute Gasteiger partial charge is 0.389 e. The average molecular weight is 254 g/mol. The first kappa shape index (κ1) is 14.0. The van der Waals surface area contributed by atoms with Crippen molar-refractivity contribution in [3.05, 3.63) is 12.2 Å². The lowest BCUT2D eigenvalue weighted by Crippen LogP contribution is -2.51. The van der Waals surface area contributed by atoms with Crippen LogP contribution in [0.2, 0.25) is 0 Å². The van der Waals surface area contributed by atoms with Crippen LogP contribution in [0.5, 0.6) is 0 Å². The second kappa shape index (κ2) is 4.62. The van der Waals surface area contributed by atoms with E-state index < -0.39 is 11.7 Å². The second-order valence-corrected chi connectivity index (χ2v) is 6.91. The first-order valence-electron chi connectivity index (χ1n) is 6.96. The van der Waals surface area contributed by atoms with E-state index in [0.29, 0.717) is 6.42 Å². The number of fused-ring (bicyclic) bond motifs is 2. The quantitative estimate of drug-likeness (QED) is 0.653. The third-order valence-electron chi connectivity index (χ3n) is 4.72. The maximum absolute atomic E-state index is 10.4. The highest BCUT2D eigenvalue weighted by Gasteiger charge is 2.45. The molecule has 104 valence electrons. The van der Waals surface area contributed by atoms with Crippen molar-refractivity contribution in [2.45, 2.75) is 76.8 Å². The molecule has 3 heteroatoms. The van der Waals surface area contributed by atoms with E-state index in [1.807, 2.05) is 6.92 Å². The van der Waals surface area contributed by atoms with Crippen LogP contribution in [0.4, 0.5) is 0 Å². The van der Waals surface area contributed by atoms with Gasteiger partial charge in [0.1, 0.15) is 0 Å². The molecule has 2 saturated heterocycles. The molecule has 0 aliphatic carbocycles. The van der Waals surface area contributed by atoms with E-state index in [9.17, 15) is 10.2 Å². The Hall–Kier alpha value is -0.380. The molecule has 0 aromatic carbocycles. The molecule has 2 bridgehead atoms. The topological polar surface area (TPSA) is 49.7 Å². The number of hydrogen-bond donors (Lipinski definition) is 2. The molecule has 4 atom stereocenters. The Kier molecular flexibility index (Phi) is 3.60. The average Bonchev–Trinajstić information content (AvgIpc) is 2.27. The van der Waals surface area contributed by atoms with Crippen molar-refractivity contribution >= 4 is 0 Å². The maximum Gasteiger partial charge on any atom is 0.0881 e. The number of rotatable bonds is 0. The van der Waals surface area contributed by atoms with Gasteiger partial charge in [-0.1, -0.05) is 20.4 Å². The lowest BCUT2D eigenvalue weighted by atomic mass is 9.75. The van der Waals surface area contributed by atoms with Crippen LogP contribution in [-0.4, -0.2) is 34.1 Å². The molecule has 3 nitrogen and oxygen atoms in total. The molecule has 0 saturated carbocycles. The molecule has 0 aromatic rings. The summed E-state index contributed by atoms with van der Waals surface area (Å²) in [5, 5.41) is 20.6. The van der Waals surface area contributed by atoms with Gasteiger partial charge in [0.25, 0.3) is 0 Å². The molecule has 0 amide bonds. The minimum atomic E-state index is -0.748. The Morgan fingerprint density at radius 2 is 1.89 bits per heavy atom. The summed E-state index contributed by atoms with van der Waals surface area (Å²) in [6.07, 6.45) is 3.31. The van der Waals surface area contributed by atoms with Gasteiger partial charge in [-0.15, -0.1) is 0 Å². The Morgan fingerprint density at radius 1 is 1.22 bits per heavy atom. The molecule has 2 fully saturated rings. The smallest absolute Gasteiger partial charge is 0.0881 e. The summed E-state index contributed by atoms with van der Waals surface area (Å²) in [6.45, 7) is 10.1. The van der Waals surface area contributed by atoms with Crippen molar-refractivity contribution in [1.29, 1.82) is 0 Å². The number of hydrogen-bond acceptors (Lipinski definition) is 3. The van der Waals surface area contributed by atoms with Crippen molar-refractivity contribution in [2.24, 2.45) is 5.41 Å². The predicted molar refractivity (Wildman–Crippen MR) is 71.3 cm³/mol. The van der Waals surface area contributed by atoms with Gasteiger partial charge in [0.05, 0.1) is 23.9 Å². The van der Waals surface area contributed by atoms with Gasteiger partial charge in [-0.3, -0.25) is 0 Å². The summed E-state index contributed by atoms with van der Waals surface area (Å²) >= 11 is 0. The van der Waals surface area contributed by atoms with Gasteiger partial charge in [0.2, 0.25) is 0 Å². The molecular weight excluding hydrogens is 228 g/mol. The molecule has 0 aromatic heterocycles. The van der Waals surface area contributed by atoms with Crippen LogP contribution in [0.3, 0.4) is 0 Å². The van der Waals surface area contributed by atoms with E-state index in [-0.39, 0.29) is 17.6 Å². The molecule has 2 aliphatic rings. The zero-order valence-electron chi connectivity index (χ0n) is 11.8. The van der Waals surface area contributed by atoms with Gasteiger partial charge in [0, 0.05) is 0 Å². The van der Waals surface area contributed by atoms with E-state index in [0.717, 1.165) is 31.3 Å². The van der Waals surface area contributed by atoms with Gasteiger partial charge < -0.3 is 14.9 Å². The van der Waals surface area contributed by atoms with E-state index >= 15 is 0 Å². The van der Waals surface area contributed by atoms with Crippen molar-refractivity contribution in [2.75, 3.05) is 0 Å². The Morgan fingerprint density at radius 3 is 2.56 bits per heavy atom. The van der Waals surface area contributed by atoms with Crippen LogP contribution in [0.25, 0.3) is 0 Å². The van der Waals surface area contributed by atoms with Gasteiger partial charge >= 0.3 is 0 Å². The highest BCUT2D eigenvalue weighted by molar-refractivity contribution is 5.07. The summed E-state index contributed by atoms with van der Waals surface area (Å²) < 4.78 is 6.13. The minimum Gasteiger partial charge on any atom is -0.389 e. The van der Waals surface area contributed by atoms with Crippen LogP contribution >= 0.6 is 0 Å². The van der Waals surface area contributed by atoms with Crippen molar-refractivity contribution < 1.29 is 14.9 Å². The Labute approximate surface area is 110 Å². The third-order valence-corrected chi connectivity index (χ3v) is 4.72. The molecule has 0 radical (unpaired) electrons. The molecule has 4 unspecified atom stereocenters. The number of aliphatic hydroxyl groups is 2. The van der Waals surface area contributed by atoms with Crippen LogP contribution in [0.15, 0.2) is 12.2 Å². The van der Waals surface area contributed by atoms with Gasteiger partial charge in [-0.25, -0.2) is 0 Å². The van der Waals surface area contributed by atoms with Crippen LogP contribution < -0.4 is 0 Å². The monoisotopic (exact) mass is 254 g/mol. The fourth-order valence-electron chi connectivity index (χ4n) is 3.21. The van der Waals surface area contributed by atoms with Crippen LogP contribution in [0.1, 0.15) is 52.9 Å².